The van der Waals surface area contributed by atoms with Gasteiger partial charge in [0.25, 0.3) is 0 Å². The highest BCUT2D eigenvalue weighted by Crippen LogP contribution is 2.00. The highest BCUT2D eigenvalue weighted by Gasteiger charge is 1.79. The van der Waals surface area contributed by atoms with Crippen molar-refractivity contribution < 1.29 is 0 Å². The largest absolute Gasteiger partial charge is 0.0988 e. The molecule has 0 spiro atoms. The molecule has 0 N–H and O–H groups in total. The summed E-state index contributed by atoms with van der Waals surface area (Å²) in [5, 5.41) is 0. The summed E-state index contributed by atoms with van der Waals surface area (Å²) in [5.41, 5.74) is 2.62. The molecule has 0 amide bonds. The molecule has 10 heavy (non-hydrogen) atoms. The number of rotatable bonds is 1. The summed E-state index contributed by atoms with van der Waals surface area (Å²) >= 11 is 0. The second-order valence-electron chi connectivity index (χ2n) is 2.59. The second kappa shape index (κ2) is 8.48. The lowest BCUT2D eigenvalue weighted by Gasteiger charge is -1.90. The van der Waals surface area contributed by atoms with Crippen molar-refractivity contribution in [1.29, 1.82) is 0 Å². The summed E-state index contributed by atoms with van der Waals surface area (Å²) in [5.74, 6) is 0. The molecule has 0 bridgehead atoms. The molecule has 0 saturated carbocycles. The predicted molar refractivity (Wildman–Crippen MR) is 50.2 cm³/mol. The fourth-order valence-corrected chi connectivity index (χ4v) is 0.204. The molecule has 0 aliphatic rings. The Morgan fingerprint density at radius 2 is 1.50 bits per heavy atom. The van der Waals surface area contributed by atoms with E-state index in [1.165, 1.54) is 17.6 Å². The minimum atomic E-state index is 1.25. The normalized spacial score (nSPS) is 7.30. The smallest absolute Gasteiger partial charge is 0.0399 e. The van der Waals surface area contributed by atoms with Crippen LogP contribution in [-0.4, -0.2) is 0 Å². The van der Waals surface area contributed by atoms with Crippen LogP contribution < -0.4 is 0 Å². The van der Waals surface area contributed by atoms with E-state index in [0.717, 1.165) is 0 Å². The molecule has 0 heteroatoms. The average Bonchev–Trinajstić information content (AvgIpc) is 1.88. The highest BCUT2D eigenvalue weighted by atomic mass is 13.9. The monoisotopic (exact) mass is 140 g/mol. The lowest BCUT2D eigenvalue weighted by molar-refractivity contribution is 1.09. The number of hydrogen-bond donors (Lipinski definition) is 0. The molecule has 0 aliphatic carbocycles. The van der Waals surface area contributed by atoms with E-state index in [9.17, 15) is 0 Å². The summed E-state index contributed by atoms with van der Waals surface area (Å²) in [6.45, 7) is 14.1. The standard InChI is InChI=1S/C7H12.C3H8/c1-5-7(4)6(2)3;1-3-2/h5H,1H2,2-4H3;3H2,1-2H3. The first-order valence-electron chi connectivity index (χ1n) is 3.86. The molecule has 0 atom stereocenters. The molecule has 0 rings (SSSR count). The summed E-state index contributed by atoms with van der Waals surface area (Å²) in [6, 6.07) is 0. The van der Waals surface area contributed by atoms with Gasteiger partial charge in [-0.2, -0.15) is 0 Å². The molecule has 0 unspecified atom stereocenters. The maximum Gasteiger partial charge on any atom is -0.0399 e. The Morgan fingerprint density at radius 1 is 1.20 bits per heavy atom. The van der Waals surface area contributed by atoms with E-state index in [1.54, 1.807) is 0 Å². The van der Waals surface area contributed by atoms with Crippen molar-refractivity contribution in [3.8, 4) is 0 Å². The zero-order valence-corrected chi connectivity index (χ0v) is 7.99. The van der Waals surface area contributed by atoms with E-state index in [4.69, 9.17) is 0 Å². The Kier molecular flexibility index (Phi) is 10.3. The van der Waals surface area contributed by atoms with Crippen LogP contribution >= 0.6 is 0 Å². The van der Waals surface area contributed by atoms with E-state index in [1.807, 2.05) is 6.08 Å². The van der Waals surface area contributed by atoms with Gasteiger partial charge in [0.2, 0.25) is 0 Å². The molecule has 0 radical (unpaired) electrons. The van der Waals surface area contributed by atoms with E-state index < -0.39 is 0 Å². The van der Waals surface area contributed by atoms with E-state index in [0.29, 0.717) is 0 Å². The van der Waals surface area contributed by atoms with E-state index >= 15 is 0 Å². The summed E-state index contributed by atoms with van der Waals surface area (Å²) in [4.78, 5) is 0. The van der Waals surface area contributed by atoms with Crippen LogP contribution in [0.2, 0.25) is 0 Å². The van der Waals surface area contributed by atoms with Crippen molar-refractivity contribution in [1.82, 2.24) is 0 Å². The van der Waals surface area contributed by atoms with Crippen LogP contribution in [0.1, 0.15) is 41.0 Å². The van der Waals surface area contributed by atoms with Gasteiger partial charge in [-0.1, -0.05) is 44.1 Å². The summed E-state index contributed by atoms with van der Waals surface area (Å²) < 4.78 is 0. The quantitative estimate of drug-likeness (QED) is 0.484. The third kappa shape index (κ3) is 10.5. The van der Waals surface area contributed by atoms with Gasteiger partial charge in [0, 0.05) is 0 Å². The van der Waals surface area contributed by atoms with E-state index in [2.05, 4.69) is 41.2 Å². The van der Waals surface area contributed by atoms with Gasteiger partial charge in [0.15, 0.2) is 0 Å². The fraction of sp³-hybridized carbons (Fsp3) is 0.600. The molecule has 60 valence electrons. The van der Waals surface area contributed by atoms with Crippen molar-refractivity contribution in [2.75, 3.05) is 0 Å². The fourth-order valence-electron chi connectivity index (χ4n) is 0.204. The lowest BCUT2D eigenvalue weighted by atomic mass is 10.2. The first kappa shape index (κ1) is 12.2. The van der Waals surface area contributed by atoms with Crippen molar-refractivity contribution in [3.63, 3.8) is 0 Å². The van der Waals surface area contributed by atoms with Crippen LogP contribution in [-0.2, 0) is 0 Å². The van der Waals surface area contributed by atoms with Crippen molar-refractivity contribution >= 4 is 0 Å². The molecule has 0 fully saturated rings. The average molecular weight is 140 g/mol. The molecule has 0 saturated heterocycles. The zero-order chi connectivity index (χ0) is 8.57. The van der Waals surface area contributed by atoms with Crippen LogP contribution in [0.3, 0.4) is 0 Å². The van der Waals surface area contributed by atoms with Gasteiger partial charge in [-0.15, -0.1) is 0 Å². The van der Waals surface area contributed by atoms with Crippen molar-refractivity contribution in [2.24, 2.45) is 0 Å². The van der Waals surface area contributed by atoms with Gasteiger partial charge in [-0.3, -0.25) is 0 Å². The van der Waals surface area contributed by atoms with Gasteiger partial charge in [0.05, 0.1) is 0 Å². The van der Waals surface area contributed by atoms with Crippen LogP contribution in [0.5, 0.6) is 0 Å². The number of allylic oxidation sites excluding steroid dienone is 3. The van der Waals surface area contributed by atoms with Gasteiger partial charge >= 0.3 is 0 Å². The Hall–Kier alpha value is -0.520. The van der Waals surface area contributed by atoms with Crippen LogP contribution in [0.15, 0.2) is 23.8 Å². The van der Waals surface area contributed by atoms with Gasteiger partial charge < -0.3 is 0 Å². The molecule has 0 aromatic carbocycles. The summed E-state index contributed by atoms with van der Waals surface area (Å²) in [6.07, 6.45) is 3.12. The predicted octanol–water partition coefficient (Wildman–Crippen LogP) is 3.95. The van der Waals surface area contributed by atoms with Gasteiger partial charge in [0.1, 0.15) is 0 Å². The van der Waals surface area contributed by atoms with Crippen molar-refractivity contribution in [3.05, 3.63) is 23.8 Å². The Balaban J connectivity index is 0. The highest BCUT2D eigenvalue weighted by molar-refractivity contribution is 5.18. The molecular formula is C10H20. The van der Waals surface area contributed by atoms with Gasteiger partial charge in [-0.25, -0.2) is 0 Å². The molecule has 0 aromatic rings. The van der Waals surface area contributed by atoms with Crippen LogP contribution in [0.4, 0.5) is 0 Å². The molecule has 0 aromatic heterocycles. The van der Waals surface area contributed by atoms with Crippen LogP contribution in [0.25, 0.3) is 0 Å². The third-order valence-electron chi connectivity index (χ3n) is 1.09. The third-order valence-corrected chi connectivity index (χ3v) is 1.09. The maximum absolute atomic E-state index is 3.62. The molecule has 0 nitrogen and oxygen atoms in total. The SMILES string of the molecule is C=CC(C)=C(C)C.CCC. The second-order valence-corrected chi connectivity index (χ2v) is 2.59. The Bertz CT molecular complexity index is 103. The Morgan fingerprint density at radius 3 is 1.50 bits per heavy atom. The van der Waals surface area contributed by atoms with Crippen molar-refractivity contribution in [2.45, 2.75) is 41.0 Å². The molecule has 0 aliphatic heterocycles. The first-order chi connectivity index (χ1) is 4.59. The molecular weight excluding hydrogens is 120 g/mol. The Labute approximate surface area is 65.7 Å². The number of hydrogen-bond acceptors (Lipinski definition) is 0. The maximum atomic E-state index is 3.62. The van der Waals surface area contributed by atoms with E-state index in [-0.39, 0.29) is 0 Å². The minimum absolute atomic E-state index is 1.25. The van der Waals surface area contributed by atoms with Gasteiger partial charge in [-0.05, 0) is 20.8 Å². The zero-order valence-electron chi connectivity index (χ0n) is 7.99. The molecule has 0 heterocycles. The van der Waals surface area contributed by atoms with Crippen LogP contribution in [0, 0.1) is 0 Å². The first-order valence-corrected chi connectivity index (χ1v) is 3.86. The summed E-state index contributed by atoms with van der Waals surface area (Å²) in [7, 11) is 0. The lowest BCUT2D eigenvalue weighted by Crippen LogP contribution is -1.69. The minimum Gasteiger partial charge on any atom is -0.0988 e. The topological polar surface area (TPSA) is 0 Å².